The first-order chi connectivity index (χ1) is 13.6. The van der Waals surface area contributed by atoms with Crippen molar-refractivity contribution in [3.63, 3.8) is 0 Å². The van der Waals surface area contributed by atoms with Gasteiger partial charge in [0.1, 0.15) is 11.6 Å². The molecule has 0 radical (unpaired) electrons. The molecule has 2 aromatic carbocycles. The largest absolute Gasteiger partial charge is 0.481 e. The molecule has 0 spiro atoms. The number of halogens is 2. The molecule has 2 aromatic rings. The molecule has 1 heterocycles. The van der Waals surface area contributed by atoms with Gasteiger partial charge in [-0.05, 0) is 61.7 Å². The summed E-state index contributed by atoms with van der Waals surface area (Å²) in [7, 11) is -3.19. The van der Waals surface area contributed by atoms with Crippen molar-refractivity contribution in [1.29, 1.82) is 0 Å². The number of sulfone groups is 1. The van der Waals surface area contributed by atoms with Gasteiger partial charge >= 0.3 is 0 Å². The third-order valence-electron chi connectivity index (χ3n) is 4.96. The van der Waals surface area contributed by atoms with Crippen LogP contribution in [0.2, 0.25) is 5.02 Å². The molecule has 0 saturated carbocycles. The van der Waals surface area contributed by atoms with Gasteiger partial charge < -0.3 is 9.64 Å². The third-order valence-corrected chi connectivity index (χ3v) is 7.14. The Morgan fingerprint density at radius 2 is 2.07 bits per heavy atom. The highest BCUT2D eigenvalue weighted by Gasteiger charge is 2.36. The van der Waals surface area contributed by atoms with Crippen molar-refractivity contribution in [3.8, 4) is 5.75 Å². The maximum Gasteiger partial charge on any atom is 0.263 e. The first kappa shape index (κ1) is 21.6. The summed E-state index contributed by atoms with van der Waals surface area (Å²) < 4.78 is 43.3. The molecule has 0 aliphatic carbocycles. The maximum absolute atomic E-state index is 13.6. The van der Waals surface area contributed by atoms with E-state index in [4.69, 9.17) is 16.3 Å². The van der Waals surface area contributed by atoms with Gasteiger partial charge in [0.2, 0.25) is 0 Å². The molecule has 1 saturated heterocycles. The second-order valence-corrected chi connectivity index (χ2v) is 9.96. The molecule has 3 rings (SSSR count). The van der Waals surface area contributed by atoms with Crippen LogP contribution in [0, 0.1) is 12.7 Å². The predicted octanol–water partition coefficient (Wildman–Crippen LogP) is 3.77. The second-order valence-electron chi connectivity index (χ2n) is 7.32. The molecule has 29 heavy (non-hydrogen) atoms. The van der Waals surface area contributed by atoms with E-state index >= 15 is 0 Å². The minimum atomic E-state index is -3.19. The zero-order chi connectivity index (χ0) is 21.2. The summed E-state index contributed by atoms with van der Waals surface area (Å²) in [5.41, 5.74) is 1.42. The monoisotopic (exact) mass is 439 g/mol. The molecule has 0 aromatic heterocycles. The summed E-state index contributed by atoms with van der Waals surface area (Å²) in [6.07, 6.45) is -0.483. The molecule has 0 N–H and O–H groups in total. The minimum Gasteiger partial charge on any atom is -0.481 e. The van der Waals surface area contributed by atoms with Crippen LogP contribution in [0.1, 0.15) is 24.5 Å². The second kappa shape index (κ2) is 8.71. The van der Waals surface area contributed by atoms with Crippen LogP contribution in [0.3, 0.4) is 0 Å². The number of hydrogen-bond donors (Lipinski definition) is 0. The van der Waals surface area contributed by atoms with Crippen LogP contribution in [0.4, 0.5) is 4.39 Å². The summed E-state index contributed by atoms with van der Waals surface area (Å²) in [4.78, 5) is 14.7. The molecule has 1 aliphatic rings. The van der Waals surface area contributed by atoms with Crippen molar-refractivity contribution in [3.05, 3.63) is 64.4 Å². The van der Waals surface area contributed by atoms with Gasteiger partial charge in [0.05, 0.1) is 11.5 Å². The molecule has 0 unspecified atom stereocenters. The number of rotatable bonds is 6. The summed E-state index contributed by atoms with van der Waals surface area (Å²) in [6.45, 7) is 3.57. The SMILES string of the molecule is Cc1cc(O[C@@H](C)C(=O)N(Cc2cccc(F)c2)[C@@H]2CCS(=O)(=O)C2)ccc1Cl. The fourth-order valence-corrected chi connectivity index (χ4v) is 5.27. The standard InChI is InChI=1S/C21H23ClFNO4S/c1-14-10-19(6-7-20(14)22)28-15(2)21(25)24(18-8-9-29(26,27)13-18)12-16-4-3-5-17(23)11-16/h3-7,10-11,15,18H,8-9,12-13H2,1-2H3/t15-,18+/m0/s1. The van der Waals surface area contributed by atoms with Crippen LogP contribution in [0.5, 0.6) is 5.75 Å². The van der Waals surface area contributed by atoms with Gasteiger partial charge in [-0.15, -0.1) is 0 Å². The maximum atomic E-state index is 13.6. The molecular formula is C21H23ClFNO4S. The lowest BCUT2D eigenvalue weighted by Crippen LogP contribution is -2.46. The van der Waals surface area contributed by atoms with E-state index in [-0.39, 0.29) is 24.0 Å². The normalized spacial score (nSPS) is 19.0. The van der Waals surface area contributed by atoms with Crippen molar-refractivity contribution < 1.29 is 22.3 Å². The Labute approximate surface area is 175 Å². The van der Waals surface area contributed by atoms with Crippen molar-refractivity contribution in [2.75, 3.05) is 11.5 Å². The van der Waals surface area contributed by atoms with Crippen LogP contribution in [-0.2, 0) is 21.2 Å². The Morgan fingerprint density at radius 3 is 2.69 bits per heavy atom. The molecule has 2 atom stereocenters. The molecule has 8 heteroatoms. The number of carbonyl (C=O) groups excluding carboxylic acids is 1. The van der Waals surface area contributed by atoms with E-state index in [2.05, 4.69) is 0 Å². The smallest absolute Gasteiger partial charge is 0.263 e. The van der Waals surface area contributed by atoms with Gasteiger partial charge in [-0.2, -0.15) is 0 Å². The van der Waals surface area contributed by atoms with Crippen molar-refractivity contribution in [2.45, 2.75) is 39.0 Å². The van der Waals surface area contributed by atoms with Gasteiger partial charge in [-0.3, -0.25) is 4.79 Å². The zero-order valence-corrected chi connectivity index (χ0v) is 17.8. The number of carbonyl (C=O) groups is 1. The molecular weight excluding hydrogens is 417 g/mol. The summed E-state index contributed by atoms with van der Waals surface area (Å²) in [6, 6.07) is 10.6. The van der Waals surface area contributed by atoms with Crippen molar-refractivity contribution in [1.82, 2.24) is 4.90 Å². The Bertz CT molecular complexity index is 1010. The van der Waals surface area contributed by atoms with E-state index < -0.39 is 27.8 Å². The Morgan fingerprint density at radius 1 is 1.31 bits per heavy atom. The first-order valence-electron chi connectivity index (χ1n) is 9.33. The summed E-state index contributed by atoms with van der Waals surface area (Å²) >= 11 is 6.03. The fourth-order valence-electron chi connectivity index (χ4n) is 3.42. The van der Waals surface area contributed by atoms with Crippen LogP contribution in [0.15, 0.2) is 42.5 Å². The topological polar surface area (TPSA) is 63.7 Å². The summed E-state index contributed by atoms with van der Waals surface area (Å²) in [5.74, 6) is -0.312. The third kappa shape index (κ3) is 5.48. The number of benzene rings is 2. The van der Waals surface area contributed by atoms with Crippen molar-refractivity contribution in [2.24, 2.45) is 0 Å². The molecule has 0 bridgehead atoms. The summed E-state index contributed by atoms with van der Waals surface area (Å²) in [5, 5.41) is 0.597. The Balaban J connectivity index is 1.81. The van der Waals surface area contributed by atoms with E-state index in [0.717, 1.165) is 5.56 Å². The lowest BCUT2D eigenvalue weighted by molar-refractivity contribution is -0.140. The number of hydrogen-bond acceptors (Lipinski definition) is 4. The fraction of sp³-hybridized carbons (Fsp3) is 0.381. The average molecular weight is 440 g/mol. The number of amides is 1. The van der Waals surface area contributed by atoms with Crippen LogP contribution in [0.25, 0.3) is 0 Å². The predicted molar refractivity (Wildman–Crippen MR) is 110 cm³/mol. The Hall–Kier alpha value is -2.12. The lowest BCUT2D eigenvalue weighted by atomic mass is 10.1. The van der Waals surface area contributed by atoms with Gasteiger partial charge in [0, 0.05) is 17.6 Å². The van der Waals surface area contributed by atoms with Gasteiger partial charge in [0.25, 0.3) is 5.91 Å². The van der Waals surface area contributed by atoms with Crippen molar-refractivity contribution >= 4 is 27.3 Å². The Kier molecular flexibility index (Phi) is 6.49. The average Bonchev–Trinajstić information content (AvgIpc) is 3.02. The minimum absolute atomic E-state index is 0.0379. The lowest BCUT2D eigenvalue weighted by Gasteiger charge is -2.31. The molecule has 1 amide bonds. The number of nitrogens with zero attached hydrogens (tertiary/aromatic N) is 1. The van der Waals surface area contributed by atoms with Gasteiger partial charge in [0.15, 0.2) is 15.9 Å². The van der Waals surface area contributed by atoms with E-state index in [9.17, 15) is 17.6 Å². The van der Waals surface area contributed by atoms with Gasteiger partial charge in [-0.1, -0.05) is 23.7 Å². The number of ether oxygens (including phenoxy) is 1. The van der Waals surface area contributed by atoms with E-state index in [1.165, 1.54) is 17.0 Å². The molecule has 5 nitrogen and oxygen atoms in total. The van der Waals surface area contributed by atoms with Crippen LogP contribution >= 0.6 is 11.6 Å². The van der Waals surface area contributed by atoms with E-state index in [1.807, 2.05) is 6.92 Å². The highest BCUT2D eigenvalue weighted by atomic mass is 35.5. The number of aryl methyl sites for hydroxylation is 1. The van der Waals surface area contributed by atoms with Gasteiger partial charge in [-0.25, -0.2) is 12.8 Å². The highest BCUT2D eigenvalue weighted by molar-refractivity contribution is 7.91. The van der Waals surface area contributed by atoms with Crippen LogP contribution < -0.4 is 4.74 Å². The molecule has 1 aliphatic heterocycles. The first-order valence-corrected chi connectivity index (χ1v) is 11.5. The van der Waals surface area contributed by atoms with E-state index in [0.29, 0.717) is 22.8 Å². The van der Waals surface area contributed by atoms with E-state index in [1.54, 1.807) is 37.3 Å². The molecule has 1 fully saturated rings. The highest BCUT2D eigenvalue weighted by Crippen LogP contribution is 2.25. The zero-order valence-electron chi connectivity index (χ0n) is 16.3. The quantitative estimate of drug-likeness (QED) is 0.687. The molecule has 156 valence electrons. The van der Waals surface area contributed by atoms with Crippen LogP contribution in [-0.4, -0.2) is 42.9 Å².